The number of hydrogen-bond donors (Lipinski definition) is 2. The maximum atomic E-state index is 14.0. The number of rotatable bonds is 2. The number of aromatic hydroxyl groups is 1. The van der Waals surface area contributed by atoms with Gasteiger partial charge < -0.3 is 15.0 Å². The van der Waals surface area contributed by atoms with Crippen LogP contribution in [0.15, 0.2) is 42.5 Å². The third-order valence-electron chi connectivity index (χ3n) is 4.40. The SMILES string of the molecule is O=C(c1cccc(O)c1)N1CCc2nc(-c3ccc(F)cc3F)[nH]c2C1. The Kier molecular flexibility index (Phi) is 3.91. The molecule has 7 heteroatoms. The number of H-pyrrole nitrogens is 1. The molecule has 3 aromatic rings. The van der Waals surface area contributed by atoms with E-state index in [1.807, 2.05) is 0 Å². The Morgan fingerprint density at radius 1 is 1.19 bits per heavy atom. The van der Waals surface area contributed by atoms with Crippen LogP contribution in [0.2, 0.25) is 0 Å². The summed E-state index contributed by atoms with van der Waals surface area (Å²) in [4.78, 5) is 21.7. The lowest BCUT2D eigenvalue weighted by molar-refractivity contribution is 0.0731. The summed E-state index contributed by atoms with van der Waals surface area (Å²) in [6, 6.07) is 9.51. The van der Waals surface area contributed by atoms with Gasteiger partial charge in [0.25, 0.3) is 5.91 Å². The molecule has 0 unspecified atom stereocenters. The highest BCUT2D eigenvalue weighted by molar-refractivity contribution is 5.94. The van der Waals surface area contributed by atoms with Crippen molar-refractivity contribution in [2.24, 2.45) is 0 Å². The van der Waals surface area contributed by atoms with Crippen LogP contribution in [0.3, 0.4) is 0 Å². The minimum Gasteiger partial charge on any atom is -0.508 e. The van der Waals surface area contributed by atoms with Gasteiger partial charge in [-0.2, -0.15) is 0 Å². The van der Waals surface area contributed by atoms with Gasteiger partial charge in [-0.1, -0.05) is 6.07 Å². The fraction of sp³-hybridized carbons (Fsp3) is 0.158. The van der Waals surface area contributed by atoms with Crippen molar-refractivity contribution in [1.82, 2.24) is 14.9 Å². The lowest BCUT2D eigenvalue weighted by atomic mass is 10.1. The van der Waals surface area contributed by atoms with E-state index in [2.05, 4.69) is 9.97 Å². The van der Waals surface area contributed by atoms with Crippen LogP contribution in [-0.2, 0) is 13.0 Å². The standard InChI is InChI=1S/C19H15F2N3O2/c20-12-4-5-14(15(21)9-12)18-22-16-6-7-24(10-17(16)23-18)19(26)11-2-1-3-13(25)8-11/h1-5,8-9,25H,6-7,10H2,(H,22,23). The summed E-state index contributed by atoms with van der Waals surface area (Å²) in [5.41, 5.74) is 2.08. The van der Waals surface area contributed by atoms with Gasteiger partial charge in [0.05, 0.1) is 23.5 Å². The van der Waals surface area contributed by atoms with Crippen LogP contribution in [0.5, 0.6) is 5.75 Å². The van der Waals surface area contributed by atoms with E-state index in [0.717, 1.165) is 17.5 Å². The van der Waals surface area contributed by atoms with Crippen LogP contribution in [0.4, 0.5) is 8.78 Å². The maximum Gasteiger partial charge on any atom is 0.254 e. The van der Waals surface area contributed by atoms with Crippen LogP contribution < -0.4 is 0 Å². The van der Waals surface area contributed by atoms with Crippen molar-refractivity contribution >= 4 is 5.91 Å². The summed E-state index contributed by atoms with van der Waals surface area (Å²) >= 11 is 0. The van der Waals surface area contributed by atoms with Crippen molar-refractivity contribution in [3.63, 3.8) is 0 Å². The van der Waals surface area contributed by atoms with Crippen molar-refractivity contribution in [2.75, 3.05) is 6.54 Å². The predicted octanol–water partition coefficient (Wildman–Crippen LogP) is 3.26. The molecule has 0 atom stereocenters. The minimum atomic E-state index is -0.691. The highest BCUT2D eigenvalue weighted by Crippen LogP contribution is 2.26. The van der Waals surface area contributed by atoms with E-state index in [-0.39, 0.29) is 17.2 Å². The van der Waals surface area contributed by atoms with Crippen molar-refractivity contribution in [2.45, 2.75) is 13.0 Å². The minimum absolute atomic E-state index is 0.0316. The van der Waals surface area contributed by atoms with Gasteiger partial charge in [-0.3, -0.25) is 4.79 Å². The zero-order valence-corrected chi connectivity index (χ0v) is 13.7. The van der Waals surface area contributed by atoms with Crippen LogP contribution in [0.25, 0.3) is 11.4 Å². The van der Waals surface area contributed by atoms with E-state index in [1.165, 1.54) is 24.3 Å². The average Bonchev–Trinajstić information content (AvgIpc) is 3.03. The summed E-state index contributed by atoms with van der Waals surface area (Å²) in [6.07, 6.45) is 0.527. The molecule has 1 aromatic heterocycles. The van der Waals surface area contributed by atoms with Crippen LogP contribution in [0.1, 0.15) is 21.7 Å². The molecule has 2 heterocycles. The molecule has 132 valence electrons. The monoisotopic (exact) mass is 355 g/mol. The first-order valence-corrected chi connectivity index (χ1v) is 8.13. The van der Waals surface area contributed by atoms with Crippen molar-refractivity contribution in [3.8, 4) is 17.1 Å². The molecule has 0 bridgehead atoms. The number of aromatic amines is 1. The number of phenols is 1. The smallest absolute Gasteiger partial charge is 0.254 e. The number of fused-ring (bicyclic) bond motifs is 1. The third kappa shape index (κ3) is 2.92. The molecule has 1 aliphatic heterocycles. The highest BCUT2D eigenvalue weighted by atomic mass is 19.1. The molecule has 2 N–H and O–H groups in total. The number of carbonyl (C=O) groups is 1. The topological polar surface area (TPSA) is 69.2 Å². The number of nitrogens with zero attached hydrogens (tertiary/aromatic N) is 2. The zero-order chi connectivity index (χ0) is 18.3. The summed E-state index contributed by atoms with van der Waals surface area (Å²) < 4.78 is 27.1. The number of carbonyl (C=O) groups excluding carboxylic acids is 1. The second-order valence-corrected chi connectivity index (χ2v) is 6.16. The highest BCUT2D eigenvalue weighted by Gasteiger charge is 2.25. The molecule has 1 amide bonds. The Bertz CT molecular complexity index is 1000. The molecule has 0 saturated heterocycles. The fourth-order valence-electron chi connectivity index (χ4n) is 3.10. The zero-order valence-electron chi connectivity index (χ0n) is 13.7. The second kappa shape index (κ2) is 6.25. The first-order valence-electron chi connectivity index (χ1n) is 8.13. The van der Waals surface area contributed by atoms with E-state index in [9.17, 15) is 18.7 Å². The molecular formula is C19H15F2N3O2. The molecule has 0 fully saturated rings. The quantitative estimate of drug-likeness (QED) is 0.741. The van der Waals surface area contributed by atoms with E-state index in [1.54, 1.807) is 17.0 Å². The van der Waals surface area contributed by atoms with Gasteiger partial charge in [-0.15, -0.1) is 0 Å². The van der Waals surface area contributed by atoms with Crippen molar-refractivity contribution in [1.29, 1.82) is 0 Å². The van der Waals surface area contributed by atoms with Gasteiger partial charge in [0.15, 0.2) is 0 Å². The summed E-state index contributed by atoms with van der Waals surface area (Å²) in [5, 5.41) is 9.54. The Balaban J connectivity index is 1.60. The molecule has 0 spiro atoms. The predicted molar refractivity (Wildman–Crippen MR) is 90.5 cm³/mol. The number of nitrogens with one attached hydrogen (secondary N) is 1. The van der Waals surface area contributed by atoms with Crippen molar-refractivity contribution < 1.29 is 18.7 Å². The van der Waals surface area contributed by atoms with Crippen LogP contribution in [-0.4, -0.2) is 32.4 Å². The van der Waals surface area contributed by atoms with Crippen LogP contribution in [0, 0.1) is 11.6 Å². The van der Waals surface area contributed by atoms with Gasteiger partial charge in [0.2, 0.25) is 0 Å². The fourth-order valence-corrected chi connectivity index (χ4v) is 3.10. The lowest BCUT2D eigenvalue weighted by Crippen LogP contribution is -2.36. The maximum absolute atomic E-state index is 14.0. The summed E-state index contributed by atoms with van der Waals surface area (Å²) in [5.74, 6) is -1.19. The average molecular weight is 355 g/mol. The number of halogens is 2. The Labute approximate surface area is 147 Å². The van der Waals surface area contributed by atoms with Gasteiger partial charge in [0, 0.05) is 24.6 Å². The lowest BCUT2D eigenvalue weighted by Gasteiger charge is -2.26. The number of phenolic OH excluding ortho intramolecular Hbond substituents is 1. The van der Waals surface area contributed by atoms with Gasteiger partial charge >= 0.3 is 0 Å². The van der Waals surface area contributed by atoms with E-state index in [0.29, 0.717) is 30.9 Å². The van der Waals surface area contributed by atoms with Gasteiger partial charge in [0.1, 0.15) is 23.2 Å². The molecule has 26 heavy (non-hydrogen) atoms. The van der Waals surface area contributed by atoms with Crippen molar-refractivity contribution in [3.05, 3.63) is 71.1 Å². The first-order chi connectivity index (χ1) is 12.5. The summed E-state index contributed by atoms with van der Waals surface area (Å²) in [6.45, 7) is 0.775. The molecule has 0 radical (unpaired) electrons. The largest absolute Gasteiger partial charge is 0.508 e. The number of hydrogen-bond acceptors (Lipinski definition) is 3. The number of aromatic nitrogens is 2. The third-order valence-corrected chi connectivity index (χ3v) is 4.40. The Morgan fingerprint density at radius 3 is 2.81 bits per heavy atom. The van der Waals surface area contributed by atoms with Gasteiger partial charge in [-0.05, 0) is 30.3 Å². The number of amides is 1. The summed E-state index contributed by atoms with van der Waals surface area (Å²) in [7, 11) is 0. The Morgan fingerprint density at radius 2 is 2.04 bits per heavy atom. The number of benzene rings is 2. The molecule has 5 nitrogen and oxygen atoms in total. The van der Waals surface area contributed by atoms with E-state index >= 15 is 0 Å². The molecule has 4 rings (SSSR count). The first kappa shape index (κ1) is 16.3. The van der Waals surface area contributed by atoms with E-state index < -0.39 is 11.6 Å². The van der Waals surface area contributed by atoms with Gasteiger partial charge in [-0.25, -0.2) is 13.8 Å². The van der Waals surface area contributed by atoms with Crippen LogP contribution >= 0.6 is 0 Å². The normalized spacial score (nSPS) is 13.5. The Hall–Kier alpha value is -3.22. The molecular weight excluding hydrogens is 340 g/mol. The molecule has 2 aromatic carbocycles. The van der Waals surface area contributed by atoms with E-state index in [4.69, 9.17) is 0 Å². The molecule has 0 aliphatic carbocycles. The molecule has 1 aliphatic rings. The number of imidazole rings is 1. The second-order valence-electron chi connectivity index (χ2n) is 6.16. The molecule has 0 saturated carbocycles.